The number of carbonyl (C=O) groups excluding carboxylic acids is 1. The summed E-state index contributed by atoms with van der Waals surface area (Å²) in [6.45, 7) is 0.587. The van der Waals surface area contributed by atoms with Gasteiger partial charge in [-0.2, -0.15) is 13.2 Å². The first-order chi connectivity index (χ1) is 13.4. The maximum absolute atomic E-state index is 12.8. The van der Waals surface area contributed by atoms with Crippen molar-refractivity contribution >= 4 is 22.8 Å². The molecule has 1 aromatic carbocycles. The Balaban J connectivity index is 1.70. The Hall–Kier alpha value is -3.23. The van der Waals surface area contributed by atoms with Crippen molar-refractivity contribution in [3.05, 3.63) is 48.4 Å². The summed E-state index contributed by atoms with van der Waals surface area (Å²) < 4.78 is 38.4. The number of nitrogens with zero attached hydrogens (tertiary/aromatic N) is 3. The fourth-order valence-corrected chi connectivity index (χ4v) is 3.22. The lowest BCUT2D eigenvalue weighted by Gasteiger charge is -2.24. The minimum Gasteiger partial charge on any atom is -0.365 e. The van der Waals surface area contributed by atoms with Crippen LogP contribution >= 0.6 is 0 Å². The third-order valence-corrected chi connectivity index (χ3v) is 4.61. The van der Waals surface area contributed by atoms with Crippen LogP contribution in [-0.4, -0.2) is 33.4 Å². The summed E-state index contributed by atoms with van der Waals surface area (Å²) in [7, 11) is 0. The van der Waals surface area contributed by atoms with Crippen LogP contribution in [0.2, 0.25) is 0 Å². The lowest BCUT2D eigenvalue weighted by Crippen LogP contribution is -2.39. The van der Waals surface area contributed by atoms with E-state index in [0.29, 0.717) is 40.9 Å². The van der Waals surface area contributed by atoms with Gasteiger partial charge in [-0.3, -0.25) is 9.78 Å². The number of hydrogen-bond donors (Lipinski definition) is 2. The Labute approximate surface area is 158 Å². The molecule has 0 unspecified atom stereocenters. The third kappa shape index (κ3) is 3.60. The number of amides is 1. The van der Waals surface area contributed by atoms with Gasteiger partial charge < -0.3 is 10.6 Å². The van der Waals surface area contributed by atoms with Crippen LogP contribution < -0.4 is 10.6 Å². The van der Waals surface area contributed by atoms with Gasteiger partial charge in [0.2, 0.25) is 5.91 Å². The predicted molar refractivity (Wildman–Crippen MR) is 97.4 cm³/mol. The number of fused-ring (bicyclic) bond motifs is 1. The largest absolute Gasteiger partial charge is 0.416 e. The molecule has 144 valence electrons. The van der Waals surface area contributed by atoms with Gasteiger partial charge in [0.25, 0.3) is 0 Å². The van der Waals surface area contributed by atoms with Crippen molar-refractivity contribution in [2.45, 2.75) is 25.1 Å². The van der Waals surface area contributed by atoms with Gasteiger partial charge in [-0.05, 0) is 24.1 Å². The van der Waals surface area contributed by atoms with E-state index in [-0.39, 0.29) is 11.9 Å². The SMILES string of the molecule is O=C1C[C@H](Nc2ncc(-c3ccc(C(F)(F)F)cc3)c3nccnc23)CCN1. The maximum Gasteiger partial charge on any atom is 0.416 e. The zero-order chi connectivity index (χ0) is 19.7. The van der Waals surface area contributed by atoms with Crippen LogP contribution in [0.5, 0.6) is 0 Å². The van der Waals surface area contributed by atoms with Gasteiger partial charge in [0.15, 0.2) is 5.82 Å². The lowest BCUT2D eigenvalue weighted by atomic mass is 10.0. The van der Waals surface area contributed by atoms with Gasteiger partial charge in [0.1, 0.15) is 11.0 Å². The molecule has 0 bridgehead atoms. The van der Waals surface area contributed by atoms with E-state index in [2.05, 4.69) is 25.6 Å². The van der Waals surface area contributed by atoms with Gasteiger partial charge in [-0.15, -0.1) is 0 Å². The Bertz CT molecular complexity index is 1020. The average molecular weight is 387 g/mol. The fourth-order valence-electron chi connectivity index (χ4n) is 3.22. The summed E-state index contributed by atoms with van der Waals surface area (Å²) in [6.07, 6.45) is 1.32. The Morgan fingerprint density at radius 2 is 1.75 bits per heavy atom. The Morgan fingerprint density at radius 3 is 2.43 bits per heavy atom. The summed E-state index contributed by atoms with van der Waals surface area (Å²) in [5.74, 6) is 0.471. The summed E-state index contributed by atoms with van der Waals surface area (Å²) in [4.78, 5) is 24.7. The first kappa shape index (κ1) is 18.1. The van der Waals surface area contributed by atoms with E-state index in [4.69, 9.17) is 0 Å². The molecule has 0 spiro atoms. The molecule has 1 fully saturated rings. The zero-order valence-electron chi connectivity index (χ0n) is 14.6. The smallest absolute Gasteiger partial charge is 0.365 e. The van der Waals surface area contributed by atoms with Crippen LogP contribution in [0.1, 0.15) is 18.4 Å². The first-order valence-corrected chi connectivity index (χ1v) is 8.72. The minimum atomic E-state index is -4.39. The number of nitrogens with one attached hydrogen (secondary N) is 2. The highest BCUT2D eigenvalue weighted by atomic mass is 19.4. The van der Waals surface area contributed by atoms with Crippen molar-refractivity contribution in [2.75, 3.05) is 11.9 Å². The Morgan fingerprint density at radius 1 is 1.04 bits per heavy atom. The summed E-state index contributed by atoms with van der Waals surface area (Å²) >= 11 is 0. The van der Waals surface area contributed by atoms with Gasteiger partial charge in [0, 0.05) is 43.2 Å². The van der Waals surface area contributed by atoms with Crippen LogP contribution in [0, 0.1) is 0 Å². The van der Waals surface area contributed by atoms with Gasteiger partial charge in [-0.1, -0.05) is 12.1 Å². The molecule has 0 saturated carbocycles. The number of anilines is 1. The number of aromatic nitrogens is 3. The number of hydrogen-bond acceptors (Lipinski definition) is 5. The van der Waals surface area contributed by atoms with Gasteiger partial charge in [-0.25, -0.2) is 9.97 Å². The van der Waals surface area contributed by atoms with E-state index in [0.717, 1.165) is 18.6 Å². The summed E-state index contributed by atoms with van der Waals surface area (Å²) in [5, 5.41) is 6.01. The van der Waals surface area contributed by atoms with Crippen LogP contribution in [0.25, 0.3) is 22.2 Å². The van der Waals surface area contributed by atoms with Crippen LogP contribution in [0.3, 0.4) is 0 Å². The molecule has 3 aromatic rings. The highest BCUT2D eigenvalue weighted by Gasteiger charge is 2.30. The first-order valence-electron chi connectivity index (χ1n) is 8.72. The molecule has 2 N–H and O–H groups in total. The monoisotopic (exact) mass is 387 g/mol. The third-order valence-electron chi connectivity index (χ3n) is 4.61. The van der Waals surface area contributed by atoms with Crippen molar-refractivity contribution in [3.8, 4) is 11.1 Å². The summed E-state index contributed by atoms with van der Waals surface area (Å²) in [5.41, 5.74) is 1.47. The highest BCUT2D eigenvalue weighted by Crippen LogP contribution is 2.33. The quantitative estimate of drug-likeness (QED) is 0.720. The molecular weight excluding hydrogens is 371 g/mol. The van der Waals surface area contributed by atoms with E-state index in [1.54, 1.807) is 6.20 Å². The number of pyridine rings is 1. The molecule has 2 aromatic heterocycles. The molecule has 6 nitrogen and oxygen atoms in total. The fraction of sp³-hybridized carbons (Fsp3) is 0.263. The van der Waals surface area contributed by atoms with Crippen LogP contribution in [0.15, 0.2) is 42.9 Å². The average Bonchev–Trinajstić information content (AvgIpc) is 2.68. The summed E-state index contributed by atoms with van der Waals surface area (Å²) in [6, 6.07) is 4.79. The minimum absolute atomic E-state index is 0.0273. The van der Waals surface area contributed by atoms with Crippen molar-refractivity contribution in [2.24, 2.45) is 0 Å². The molecule has 1 aliphatic rings. The van der Waals surface area contributed by atoms with E-state index in [9.17, 15) is 18.0 Å². The van der Waals surface area contributed by atoms with Crippen molar-refractivity contribution < 1.29 is 18.0 Å². The van der Waals surface area contributed by atoms with E-state index in [1.807, 2.05) is 0 Å². The van der Waals surface area contributed by atoms with Crippen molar-refractivity contribution in [3.63, 3.8) is 0 Å². The van der Waals surface area contributed by atoms with Crippen molar-refractivity contribution in [1.29, 1.82) is 0 Å². The molecule has 0 radical (unpaired) electrons. The number of benzene rings is 1. The standard InChI is InChI=1S/C19H16F3N5O/c20-19(21,22)12-3-1-11(2-4-12)14-10-26-18(17-16(14)24-7-8-25-17)27-13-5-6-23-15(28)9-13/h1-4,7-8,10,13H,5-6,9H2,(H,23,28)(H,26,27)/t13-/m1/s1. The maximum atomic E-state index is 12.8. The topological polar surface area (TPSA) is 79.8 Å². The molecule has 1 saturated heterocycles. The van der Waals surface area contributed by atoms with Crippen LogP contribution in [0.4, 0.5) is 19.0 Å². The molecule has 3 heterocycles. The second-order valence-electron chi connectivity index (χ2n) is 6.53. The van der Waals surface area contributed by atoms with Gasteiger partial charge in [0.05, 0.1) is 5.56 Å². The van der Waals surface area contributed by atoms with E-state index >= 15 is 0 Å². The van der Waals surface area contributed by atoms with E-state index < -0.39 is 11.7 Å². The van der Waals surface area contributed by atoms with Crippen LogP contribution in [-0.2, 0) is 11.0 Å². The van der Waals surface area contributed by atoms with E-state index in [1.165, 1.54) is 24.5 Å². The van der Waals surface area contributed by atoms with Gasteiger partial charge >= 0.3 is 6.18 Å². The number of alkyl halides is 3. The molecule has 28 heavy (non-hydrogen) atoms. The molecular formula is C19H16F3N5O. The second kappa shape index (κ2) is 7.06. The molecule has 1 amide bonds. The number of rotatable bonds is 3. The predicted octanol–water partition coefficient (Wildman–Crippen LogP) is 3.40. The lowest BCUT2D eigenvalue weighted by molar-refractivity contribution is -0.137. The molecule has 9 heteroatoms. The number of halogens is 3. The molecule has 1 aliphatic heterocycles. The second-order valence-corrected chi connectivity index (χ2v) is 6.53. The van der Waals surface area contributed by atoms with Crippen molar-refractivity contribution in [1.82, 2.24) is 20.3 Å². The molecule has 1 atom stereocenters. The normalized spacial score (nSPS) is 17.4. The zero-order valence-corrected chi connectivity index (χ0v) is 14.6. The Kier molecular flexibility index (Phi) is 4.58. The molecule has 4 rings (SSSR count). The highest BCUT2D eigenvalue weighted by molar-refractivity contribution is 5.96. The molecule has 0 aliphatic carbocycles. The number of carbonyl (C=O) groups is 1. The number of piperidine rings is 1.